The van der Waals surface area contributed by atoms with Crippen molar-refractivity contribution in [2.75, 3.05) is 40.1 Å². The molecule has 1 N–H and O–H groups in total. The van der Waals surface area contributed by atoms with Gasteiger partial charge in [0.25, 0.3) is 0 Å². The van der Waals surface area contributed by atoms with E-state index in [2.05, 4.69) is 39.8 Å². The van der Waals surface area contributed by atoms with Crippen molar-refractivity contribution < 1.29 is 43.0 Å². The maximum atomic E-state index is 11.4. The van der Waals surface area contributed by atoms with E-state index in [0.717, 1.165) is 51.4 Å². The Hall–Kier alpha value is -0.620. The Morgan fingerprint density at radius 1 is 0.653 bits per heavy atom. The van der Waals surface area contributed by atoms with E-state index in [9.17, 15) is 5.11 Å². The summed E-state index contributed by atoms with van der Waals surface area (Å²) in [6.45, 7) is 14.5. The van der Waals surface area contributed by atoms with Crippen LogP contribution in [0.15, 0.2) is 12.2 Å². The van der Waals surface area contributed by atoms with Gasteiger partial charge in [-0.25, -0.2) is 0 Å². The van der Waals surface area contributed by atoms with E-state index in [1.807, 2.05) is 13.8 Å². The average molecular weight is 701 g/mol. The van der Waals surface area contributed by atoms with Crippen LogP contribution in [0.3, 0.4) is 0 Å². The van der Waals surface area contributed by atoms with Gasteiger partial charge in [-0.3, -0.25) is 0 Å². The highest BCUT2D eigenvalue weighted by Gasteiger charge is 2.50. The topological polar surface area (TPSA) is 94.1 Å². The Labute approximate surface area is 300 Å². The summed E-state index contributed by atoms with van der Waals surface area (Å²) in [4.78, 5) is 0. The molecule has 0 bridgehead atoms. The Kier molecular flexibility index (Phi) is 24.6. The van der Waals surface area contributed by atoms with E-state index in [1.165, 1.54) is 57.8 Å². The molecule has 0 amide bonds. The second-order valence-electron chi connectivity index (χ2n) is 14.4. The van der Waals surface area contributed by atoms with Crippen LogP contribution in [-0.2, 0) is 37.9 Å². The Bertz CT molecular complexity index is 809. The monoisotopic (exact) mass is 701 g/mol. The van der Waals surface area contributed by atoms with E-state index in [0.29, 0.717) is 26.4 Å². The number of aliphatic hydroxyl groups is 1. The van der Waals surface area contributed by atoms with Gasteiger partial charge in [-0.2, -0.15) is 0 Å². The Balaban J connectivity index is 2.02. The first kappa shape index (κ1) is 44.5. The first-order chi connectivity index (χ1) is 23.8. The second-order valence-corrected chi connectivity index (χ2v) is 14.4. The van der Waals surface area contributed by atoms with E-state index >= 15 is 0 Å². The summed E-state index contributed by atoms with van der Waals surface area (Å²) in [5, 5.41) is 11.4. The maximum Gasteiger partial charge on any atom is 0.187 e. The molecule has 9 nitrogen and oxygen atoms in total. The highest BCUT2D eigenvalue weighted by atomic mass is 16.8. The van der Waals surface area contributed by atoms with Gasteiger partial charge >= 0.3 is 0 Å². The molecule has 0 aromatic rings. The fourth-order valence-corrected chi connectivity index (χ4v) is 6.50. The van der Waals surface area contributed by atoms with Crippen LogP contribution in [0.5, 0.6) is 0 Å². The van der Waals surface area contributed by atoms with Crippen LogP contribution in [0.25, 0.3) is 0 Å². The molecular weight excluding hydrogens is 624 g/mol. The summed E-state index contributed by atoms with van der Waals surface area (Å²) >= 11 is 0. The minimum atomic E-state index is -0.937. The predicted octanol–water partition coefficient (Wildman–Crippen LogP) is 8.68. The van der Waals surface area contributed by atoms with Crippen molar-refractivity contribution in [1.29, 1.82) is 0 Å². The number of rotatable bonds is 30. The molecule has 0 aromatic heterocycles. The molecule has 9 heteroatoms. The fraction of sp³-hybridized carbons (Fsp3) is 0.950. The van der Waals surface area contributed by atoms with Gasteiger partial charge in [0.05, 0.1) is 13.2 Å². The molecule has 2 heterocycles. The van der Waals surface area contributed by atoms with E-state index in [4.69, 9.17) is 37.9 Å². The molecule has 8 atom stereocenters. The van der Waals surface area contributed by atoms with Gasteiger partial charge < -0.3 is 43.0 Å². The van der Waals surface area contributed by atoms with E-state index in [-0.39, 0.29) is 18.8 Å². The molecule has 0 radical (unpaired) electrons. The zero-order valence-electron chi connectivity index (χ0n) is 32.5. The third kappa shape index (κ3) is 17.6. The smallest absolute Gasteiger partial charge is 0.187 e. The first-order valence-corrected chi connectivity index (χ1v) is 20.1. The van der Waals surface area contributed by atoms with Crippen molar-refractivity contribution in [3.8, 4) is 0 Å². The van der Waals surface area contributed by atoms with Crippen LogP contribution in [0, 0.1) is 0 Å². The lowest BCUT2D eigenvalue weighted by atomic mass is 9.98. The Morgan fingerprint density at radius 3 is 1.76 bits per heavy atom. The number of ether oxygens (including phenoxy) is 8. The van der Waals surface area contributed by atoms with E-state index < -0.39 is 42.6 Å². The standard InChI is InChI=1S/C40H76O9/c1-8-12-16-17-18-19-20-21-22-23-24-25-26-33-35(49-40(5,6)48-33)32(41)30-46-39-38(45-29-15-11-4)37(44-28-14-10-3)36(43-27-13-9-2)34(47-39)31-42-7/h25-26,32-39,41H,8-24,27-31H2,1-7H3/t32-,33+,34?,35-,36?,37?,38?,39?/m0/s1. The van der Waals surface area contributed by atoms with Crippen molar-refractivity contribution in [1.82, 2.24) is 0 Å². The van der Waals surface area contributed by atoms with Gasteiger partial charge in [0.2, 0.25) is 0 Å². The third-order valence-corrected chi connectivity index (χ3v) is 9.37. The van der Waals surface area contributed by atoms with Crippen molar-refractivity contribution in [2.24, 2.45) is 0 Å². The van der Waals surface area contributed by atoms with Crippen LogP contribution in [0.2, 0.25) is 0 Å². The van der Waals surface area contributed by atoms with Gasteiger partial charge in [-0.05, 0) is 46.0 Å². The van der Waals surface area contributed by atoms with Gasteiger partial charge in [-0.15, -0.1) is 0 Å². The number of hydrogen-bond donors (Lipinski definition) is 1. The zero-order chi connectivity index (χ0) is 35.7. The summed E-state index contributed by atoms with van der Waals surface area (Å²) in [6, 6.07) is 0. The number of aliphatic hydroxyl groups excluding tert-OH is 1. The summed E-state index contributed by atoms with van der Waals surface area (Å²) < 4.78 is 50.2. The van der Waals surface area contributed by atoms with Crippen molar-refractivity contribution in [3.63, 3.8) is 0 Å². The molecule has 2 aliphatic heterocycles. The van der Waals surface area contributed by atoms with Crippen LogP contribution < -0.4 is 0 Å². The van der Waals surface area contributed by atoms with Gasteiger partial charge in [-0.1, -0.05) is 117 Å². The zero-order valence-corrected chi connectivity index (χ0v) is 32.5. The lowest BCUT2D eigenvalue weighted by molar-refractivity contribution is -0.327. The molecule has 290 valence electrons. The van der Waals surface area contributed by atoms with Crippen LogP contribution in [-0.4, -0.2) is 100 Å². The third-order valence-electron chi connectivity index (χ3n) is 9.37. The molecular formula is C40H76O9. The van der Waals surface area contributed by atoms with Crippen LogP contribution in [0.4, 0.5) is 0 Å². The maximum absolute atomic E-state index is 11.4. The van der Waals surface area contributed by atoms with Crippen molar-refractivity contribution in [2.45, 2.75) is 206 Å². The number of allylic oxidation sites excluding steroid dienone is 1. The molecule has 49 heavy (non-hydrogen) atoms. The summed E-state index contributed by atoms with van der Waals surface area (Å²) in [7, 11) is 1.66. The van der Waals surface area contributed by atoms with Crippen LogP contribution in [0.1, 0.15) is 151 Å². The SMILES string of the molecule is CCCCCCCCCCCCC=C[C@H]1OC(C)(C)O[C@H]1[C@@H](O)COC1OC(COC)C(OCCCC)C(OCCCC)C1OCCCC. The molecule has 2 aliphatic rings. The van der Waals surface area contributed by atoms with Gasteiger partial charge in [0.1, 0.15) is 42.7 Å². The lowest BCUT2D eigenvalue weighted by Crippen LogP contribution is -2.62. The molecule has 2 fully saturated rings. The molecule has 0 saturated carbocycles. The minimum absolute atomic E-state index is 0.00602. The molecule has 5 unspecified atom stereocenters. The van der Waals surface area contributed by atoms with Crippen molar-refractivity contribution >= 4 is 0 Å². The largest absolute Gasteiger partial charge is 0.388 e. The molecule has 0 aromatic carbocycles. The fourth-order valence-electron chi connectivity index (χ4n) is 6.50. The summed E-state index contributed by atoms with van der Waals surface area (Å²) in [5.41, 5.74) is 0. The highest BCUT2D eigenvalue weighted by Crippen LogP contribution is 2.33. The molecule has 2 saturated heterocycles. The normalized spacial score (nSPS) is 27.7. The molecule has 0 spiro atoms. The molecule has 2 rings (SSSR count). The average Bonchev–Trinajstić information content (AvgIpc) is 3.40. The lowest BCUT2D eigenvalue weighted by Gasteiger charge is -2.46. The summed E-state index contributed by atoms with van der Waals surface area (Å²) in [6.07, 6.45) is 19.9. The number of hydrogen-bond acceptors (Lipinski definition) is 9. The number of unbranched alkanes of at least 4 members (excludes halogenated alkanes) is 13. The van der Waals surface area contributed by atoms with Gasteiger partial charge in [0, 0.05) is 26.9 Å². The van der Waals surface area contributed by atoms with Crippen LogP contribution >= 0.6 is 0 Å². The van der Waals surface area contributed by atoms with E-state index in [1.54, 1.807) is 7.11 Å². The molecule has 0 aliphatic carbocycles. The second kappa shape index (κ2) is 27.1. The predicted molar refractivity (Wildman–Crippen MR) is 196 cm³/mol. The Morgan fingerprint density at radius 2 is 1.18 bits per heavy atom. The quantitative estimate of drug-likeness (QED) is 0.0584. The highest BCUT2D eigenvalue weighted by molar-refractivity contribution is 5.01. The van der Waals surface area contributed by atoms with Crippen molar-refractivity contribution in [3.05, 3.63) is 12.2 Å². The first-order valence-electron chi connectivity index (χ1n) is 20.1. The summed E-state index contributed by atoms with van der Waals surface area (Å²) in [5.74, 6) is -0.810. The minimum Gasteiger partial charge on any atom is -0.388 e. The number of methoxy groups -OCH3 is 1. The van der Waals surface area contributed by atoms with Gasteiger partial charge in [0.15, 0.2) is 12.1 Å².